The van der Waals surface area contributed by atoms with Crippen molar-refractivity contribution in [3.63, 3.8) is 0 Å². The maximum atomic E-state index is 12.0. The molecule has 2 rings (SSSR count). The first-order valence-electron chi connectivity index (χ1n) is 5.36. The minimum absolute atomic E-state index is 0.0166. The summed E-state index contributed by atoms with van der Waals surface area (Å²) in [5.74, 6) is 0.199. The van der Waals surface area contributed by atoms with E-state index in [0.29, 0.717) is 5.56 Å². The first-order valence-corrected chi connectivity index (χ1v) is 7.01. The van der Waals surface area contributed by atoms with Gasteiger partial charge in [-0.05, 0) is 30.9 Å². The fourth-order valence-corrected chi connectivity index (χ4v) is 3.56. The molecule has 0 bridgehead atoms. The average Bonchev–Trinajstić information content (AvgIpc) is 2.27. The van der Waals surface area contributed by atoms with E-state index in [2.05, 4.69) is 4.98 Å². The molecular formula is C11H13N3O2S. The van der Waals surface area contributed by atoms with E-state index in [0.717, 1.165) is 12.8 Å². The lowest BCUT2D eigenvalue weighted by Gasteiger charge is -2.31. The third-order valence-corrected chi connectivity index (χ3v) is 4.68. The van der Waals surface area contributed by atoms with Gasteiger partial charge >= 0.3 is 0 Å². The predicted molar refractivity (Wildman–Crippen MR) is 61.7 cm³/mol. The lowest BCUT2D eigenvalue weighted by molar-refractivity contribution is 0.291. The van der Waals surface area contributed by atoms with Crippen molar-refractivity contribution in [2.75, 3.05) is 5.75 Å². The molecule has 0 atom stereocenters. The third-order valence-electron chi connectivity index (χ3n) is 2.91. The van der Waals surface area contributed by atoms with Crippen LogP contribution in [0.4, 0.5) is 0 Å². The highest BCUT2D eigenvalue weighted by atomic mass is 32.2. The molecule has 0 aliphatic heterocycles. The number of rotatable bonds is 3. The molecule has 2 N–H and O–H groups in total. The van der Waals surface area contributed by atoms with Gasteiger partial charge in [0.15, 0.2) is 14.9 Å². The first kappa shape index (κ1) is 12.0. The van der Waals surface area contributed by atoms with Gasteiger partial charge in [0.1, 0.15) is 0 Å². The molecule has 1 aromatic heterocycles. The first-order chi connectivity index (χ1) is 8.01. The van der Waals surface area contributed by atoms with Crippen LogP contribution in [0.3, 0.4) is 0 Å². The molecule has 17 heavy (non-hydrogen) atoms. The van der Waals surface area contributed by atoms with Gasteiger partial charge in [0.25, 0.3) is 0 Å². The third kappa shape index (κ3) is 2.62. The van der Waals surface area contributed by atoms with Gasteiger partial charge < -0.3 is 5.73 Å². The molecule has 1 aliphatic rings. The van der Waals surface area contributed by atoms with Crippen molar-refractivity contribution in [1.29, 1.82) is 5.26 Å². The van der Waals surface area contributed by atoms with Gasteiger partial charge in [-0.2, -0.15) is 5.26 Å². The second kappa shape index (κ2) is 4.43. The molecule has 0 radical (unpaired) electrons. The van der Waals surface area contributed by atoms with Crippen LogP contribution in [-0.2, 0) is 9.84 Å². The van der Waals surface area contributed by atoms with Crippen LogP contribution in [0, 0.1) is 17.2 Å². The molecule has 0 saturated heterocycles. The summed E-state index contributed by atoms with van der Waals surface area (Å²) < 4.78 is 24.0. The van der Waals surface area contributed by atoms with Crippen LogP contribution in [0.2, 0.25) is 0 Å². The molecule has 1 aromatic rings. The van der Waals surface area contributed by atoms with Crippen molar-refractivity contribution >= 4 is 9.84 Å². The van der Waals surface area contributed by atoms with Gasteiger partial charge in [0.2, 0.25) is 0 Å². The Morgan fingerprint density at radius 3 is 2.82 bits per heavy atom. The summed E-state index contributed by atoms with van der Waals surface area (Å²) >= 11 is 0. The zero-order valence-electron chi connectivity index (χ0n) is 9.20. The van der Waals surface area contributed by atoms with Crippen LogP contribution in [0.25, 0.3) is 0 Å². The Kier molecular flexibility index (Phi) is 3.13. The average molecular weight is 251 g/mol. The van der Waals surface area contributed by atoms with E-state index in [1.165, 1.54) is 18.3 Å². The van der Waals surface area contributed by atoms with Crippen LogP contribution in [0.1, 0.15) is 18.4 Å². The van der Waals surface area contributed by atoms with Crippen LogP contribution < -0.4 is 5.73 Å². The highest BCUT2D eigenvalue weighted by Crippen LogP contribution is 2.28. The maximum Gasteiger partial charge on any atom is 0.195 e. The summed E-state index contributed by atoms with van der Waals surface area (Å²) in [4.78, 5) is 3.82. The number of pyridine rings is 1. The number of nitrogens with two attached hydrogens (primary N) is 1. The van der Waals surface area contributed by atoms with E-state index in [4.69, 9.17) is 11.0 Å². The molecule has 6 heteroatoms. The summed E-state index contributed by atoms with van der Waals surface area (Å²) in [6, 6.07) is 4.83. The standard InChI is InChI=1S/C11H13N3O2S/c12-6-8-1-2-14-11(5-8)17(15,16)7-9-3-10(13)4-9/h1-2,5,9-10H,3-4,7,13H2. The van der Waals surface area contributed by atoms with Crippen LogP contribution in [-0.4, -0.2) is 25.2 Å². The van der Waals surface area contributed by atoms with E-state index < -0.39 is 9.84 Å². The number of sulfone groups is 1. The summed E-state index contributed by atoms with van der Waals surface area (Å²) in [6.07, 6.45) is 2.84. The van der Waals surface area contributed by atoms with Crippen LogP contribution >= 0.6 is 0 Å². The second-order valence-electron chi connectivity index (χ2n) is 4.37. The van der Waals surface area contributed by atoms with E-state index in [9.17, 15) is 8.42 Å². The van der Waals surface area contributed by atoms with E-state index >= 15 is 0 Å². The number of nitriles is 1. The summed E-state index contributed by atoms with van der Waals surface area (Å²) in [5.41, 5.74) is 5.93. The minimum atomic E-state index is -3.39. The van der Waals surface area contributed by atoms with Gasteiger partial charge in [-0.15, -0.1) is 0 Å². The zero-order valence-corrected chi connectivity index (χ0v) is 10.0. The van der Waals surface area contributed by atoms with Gasteiger partial charge in [0.05, 0.1) is 17.4 Å². The fraction of sp³-hybridized carbons (Fsp3) is 0.455. The predicted octanol–water partition coefficient (Wildman–Crippen LogP) is 0.464. The van der Waals surface area contributed by atoms with Crippen LogP contribution in [0.5, 0.6) is 0 Å². The number of nitrogens with zero attached hydrogens (tertiary/aromatic N) is 2. The van der Waals surface area contributed by atoms with Crippen molar-refractivity contribution in [3.05, 3.63) is 23.9 Å². The normalized spacial score (nSPS) is 23.8. The Morgan fingerprint density at radius 1 is 1.53 bits per heavy atom. The molecular weight excluding hydrogens is 238 g/mol. The lowest BCUT2D eigenvalue weighted by atomic mass is 9.82. The quantitative estimate of drug-likeness (QED) is 0.842. The van der Waals surface area contributed by atoms with E-state index in [1.807, 2.05) is 6.07 Å². The SMILES string of the molecule is N#Cc1ccnc(S(=O)(=O)CC2CC(N)C2)c1. The van der Waals surface area contributed by atoms with Crippen molar-refractivity contribution in [3.8, 4) is 6.07 Å². The lowest BCUT2D eigenvalue weighted by Crippen LogP contribution is -2.39. The smallest absolute Gasteiger partial charge is 0.195 e. The summed E-state index contributed by atoms with van der Waals surface area (Å²) in [5, 5.41) is 8.70. The Hall–Kier alpha value is -1.45. The van der Waals surface area contributed by atoms with Crippen molar-refractivity contribution in [2.45, 2.75) is 23.9 Å². The molecule has 0 spiro atoms. The van der Waals surface area contributed by atoms with Crippen LogP contribution in [0.15, 0.2) is 23.4 Å². The molecule has 1 heterocycles. The van der Waals surface area contributed by atoms with E-state index in [1.54, 1.807) is 0 Å². The largest absolute Gasteiger partial charge is 0.328 e. The molecule has 90 valence electrons. The van der Waals surface area contributed by atoms with Gasteiger partial charge in [-0.3, -0.25) is 0 Å². The Bertz CT molecular complexity index is 556. The molecule has 1 aliphatic carbocycles. The topological polar surface area (TPSA) is 96.8 Å². The van der Waals surface area contributed by atoms with Gasteiger partial charge in [-0.25, -0.2) is 13.4 Å². The van der Waals surface area contributed by atoms with Crippen molar-refractivity contribution < 1.29 is 8.42 Å². The Morgan fingerprint density at radius 2 is 2.24 bits per heavy atom. The van der Waals surface area contributed by atoms with Crippen molar-refractivity contribution in [1.82, 2.24) is 4.98 Å². The molecule has 1 saturated carbocycles. The summed E-state index contributed by atoms with van der Waals surface area (Å²) in [6.45, 7) is 0. The van der Waals surface area contributed by atoms with E-state index in [-0.39, 0.29) is 22.7 Å². The zero-order chi connectivity index (χ0) is 12.5. The molecule has 0 amide bonds. The fourth-order valence-electron chi connectivity index (χ4n) is 1.97. The minimum Gasteiger partial charge on any atom is -0.328 e. The molecule has 5 nitrogen and oxygen atoms in total. The number of aromatic nitrogens is 1. The Labute approximate surface area is 100 Å². The second-order valence-corrected chi connectivity index (χ2v) is 6.35. The number of hydrogen-bond acceptors (Lipinski definition) is 5. The van der Waals surface area contributed by atoms with Crippen molar-refractivity contribution in [2.24, 2.45) is 11.7 Å². The molecule has 0 unspecified atom stereocenters. The number of hydrogen-bond donors (Lipinski definition) is 1. The van der Waals surface area contributed by atoms with Gasteiger partial charge in [-0.1, -0.05) is 0 Å². The summed E-state index contributed by atoms with van der Waals surface area (Å²) in [7, 11) is -3.39. The molecule has 1 fully saturated rings. The highest BCUT2D eigenvalue weighted by Gasteiger charge is 2.31. The van der Waals surface area contributed by atoms with Gasteiger partial charge in [0, 0.05) is 12.2 Å². The maximum absolute atomic E-state index is 12.0. The monoisotopic (exact) mass is 251 g/mol. The molecule has 0 aromatic carbocycles. The Balaban J connectivity index is 2.17. The highest BCUT2D eigenvalue weighted by molar-refractivity contribution is 7.91.